The number of aryl methyl sites for hydroxylation is 1. The van der Waals surface area contributed by atoms with E-state index in [1.807, 2.05) is 19.1 Å². The molecule has 132 valence electrons. The van der Waals surface area contributed by atoms with Gasteiger partial charge in [-0.1, -0.05) is 18.2 Å². The smallest absolute Gasteiger partial charge is 0.272 e. The van der Waals surface area contributed by atoms with Crippen LogP contribution in [-0.2, 0) is 0 Å². The number of carbonyl (C=O) groups excluding carboxylic acids is 1. The van der Waals surface area contributed by atoms with Gasteiger partial charge in [-0.05, 0) is 30.7 Å². The van der Waals surface area contributed by atoms with E-state index in [1.54, 1.807) is 12.3 Å². The zero-order chi connectivity index (χ0) is 18.5. The number of hydrazine groups is 1. The highest BCUT2D eigenvalue weighted by molar-refractivity contribution is 5.95. The van der Waals surface area contributed by atoms with Gasteiger partial charge >= 0.3 is 0 Å². The molecule has 0 saturated carbocycles. The minimum atomic E-state index is -0.656. The van der Waals surface area contributed by atoms with Crippen LogP contribution in [0.4, 0.5) is 27.5 Å². The maximum Gasteiger partial charge on any atom is 0.272 e. The Morgan fingerprint density at radius 2 is 1.81 bits per heavy atom. The van der Waals surface area contributed by atoms with Gasteiger partial charge in [-0.3, -0.25) is 15.6 Å². The van der Waals surface area contributed by atoms with Crippen molar-refractivity contribution in [2.75, 3.05) is 16.5 Å². The van der Waals surface area contributed by atoms with Crippen molar-refractivity contribution in [2.45, 2.75) is 6.92 Å². The van der Waals surface area contributed by atoms with E-state index in [4.69, 9.17) is 5.73 Å². The molecule has 0 unspecified atom stereocenters. The lowest BCUT2D eigenvalue weighted by Crippen LogP contribution is -2.31. The Kier molecular flexibility index (Phi) is 4.88. The molecule has 26 heavy (non-hydrogen) atoms. The lowest BCUT2D eigenvalue weighted by Gasteiger charge is -2.13. The van der Waals surface area contributed by atoms with Gasteiger partial charge in [0.15, 0.2) is 11.6 Å². The highest BCUT2D eigenvalue weighted by atomic mass is 19.1. The summed E-state index contributed by atoms with van der Waals surface area (Å²) in [6.45, 7) is 1.89. The first-order valence-corrected chi connectivity index (χ1v) is 7.66. The number of rotatable bonds is 5. The maximum absolute atomic E-state index is 13.6. The number of nitrogen functional groups attached to an aromatic ring is 1. The van der Waals surface area contributed by atoms with Crippen molar-refractivity contribution in [1.29, 1.82) is 0 Å². The summed E-state index contributed by atoms with van der Waals surface area (Å²) in [6.07, 6.45) is 2.91. The predicted octanol–water partition coefficient (Wildman–Crippen LogP) is 2.40. The molecule has 0 atom stereocenters. The monoisotopic (exact) mass is 353 g/mol. The second kappa shape index (κ2) is 7.43. The number of hydrogen-bond donors (Lipinski definition) is 4. The van der Waals surface area contributed by atoms with Gasteiger partial charge in [-0.2, -0.15) is 0 Å². The lowest BCUT2D eigenvalue weighted by molar-refractivity contribution is 0.0958. The molecule has 3 rings (SSSR count). The Morgan fingerprint density at radius 1 is 1.04 bits per heavy atom. The highest BCUT2D eigenvalue weighted by Gasteiger charge is 2.13. The lowest BCUT2D eigenvalue weighted by atomic mass is 10.2. The summed E-state index contributed by atoms with van der Waals surface area (Å²) in [5.74, 6) is -0.198. The van der Waals surface area contributed by atoms with Crippen molar-refractivity contribution in [1.82, 2.24) is 20.4 Å². The fraction of sp³-hybridized carbons (Fsp3) is 0.0588. The normalized spacial score (nSPS) is 10.2. The van der Waals surface area contributed by atoms with Crippen LogP contribution in [0.3, 0.4) is 0 Å². The molecular formula is C17H16FN7O. The summed E-state index contributed by atoms with van der Waals surface area (Å²) in [6, 6.07) is 9.33. The standard InChI is InChI=1S/C17H16FN7O/c1-10-5-4-8-20-14(10)23-15-13(19)16(22-9-21-15)24-25-17(26)11-6-2-3-7-12(11)18/h2-9H,19H2,1H3,(H,25,26)(H2,20,21,22,23,24). The third-order valence-electron chi connectivity index (χ3n) is 3.54. The predicted molar refractivity (Wildman–Crippen MR) is 96.2 cm³/mol. The summed E-state index contributed by atoms with van der Waals surface area (Å²) in [5, 5.41) is 3.01. The third kappa shape index (κ3) is 3.66. The van der Waals surface area contributed by atoms with Gasteiger partial charge in [0.1, 0.15) is 23.6 Å². The van der Waals surface area contributed by atoms with E-state index in [1.165, 1.54) is 24.5 Å². The van der Waals surface area contributed by atoms with Crippen LogP contribution in [0.15, 0.2) is 48.9 Å². The Morgan fingerprint density at radius 3 is 2.58 bits per heavy atom. The SMILES string of the molecule is Cc1cccnc1Nc1ncnc(NNC(=O)c2ccccc2F)c1N. The third-order valence-corrected chi connectivity index (χ3v) is 3.54. The summed E-state index contributed by atoms with van der Waals surface area (Å²) >= 11 is 0. The van der Waals surface area contributed by atoms with Crippen molar-refractivity contribution in [3.05, 3.63) is 65.9 Å². The molecule has 0 fully saturated rings. The van der Waals surface area contributed by atoms with E-state index >= 15 is 0 Å². The number of nitrogens with two attached hydrogens (primary N) is 1. The molecular weight excluding hydrogens is 337 g/mol. The summed E-state index contributed by atoms with van der Waals surface area (Å²) in [4.78, 5) is 24.3. The van der Waals surface area contributed by atoms with Gasteiger partial charge in [-0.25, -0.2) is 19.3 Å². The van der Waals surface area contributed by atoms with Crippen LogP contribution in [0.25, 0.3) is 0 Å². The molecule has 0 spiro atoms. The number of pyridine rings is 1. The molecule has 0 aliphatic carbocycles. The highest BCUT2D eigenvalue weighted by Crippen LogP contribution is 2.25. The van der Waals surface area contributed by atoms with Crippen LogP contribution in [0.1, 0.15) is 15.9 Å². The van der Waals surface area contributed by atoms with Crippen molar-refractivity contribution >= 4 is 29.0 Å². The Labute approximate surface area is 148 Å². The number of halogens is 1. The number of amides is 1. The van der Waals surface area contributed by atoms with Crippen LogP contribution in [-0.4, -0.2) is 20.9 Å². The number of anilines is 4. The zero-order valence-electron chi connectivity index (χ0n) is 13.8. The fourth-order valence-corrected chi connectivity index (χ4v) is 2.15. The molecule has 8 nitrogen and oxygen atoms in total. The minimum absolute atomic E-state index is 0.102. The Hall–Kier alpha value is -3.75. The van der Waals surface area contributed by atoms with Crippen molar-refractivity contribution in [3.8, 4) is 0 Å². The van der Waals surface area contributed by atoms with Crippen LogP contribution >= 0.6 is 0 Å². The summed E-state index contributed by atoms with van der Waals surface area (Å²) in [7, 11) is 0. The molecule has 0 bridgehead atoms. The second-order valence-electron chi connectivity index (χ2n) is 5.34. The molecule has 2 aromatic heterocycles. The minimum Gasteiger partial charge on any atom is -0.393 e. The first kappa shape index (κ1) is 17.1. The van der Waals surface area contributed by atoms with Gasteiger partial charge in [0.25, 0.3) is 5.91 Å². The molecule has 1 aromatic carbocycles. The molecule has 3 aromatic rings. The average Bonchev–Trinajstić information content (AvgIpc) is 2.64. The first-order valence-electron chi connectivity index (χ1n) is 7.66. The van der Waals surface area contributed by atoms with Crippen LogP contribution < -0.4 is 21.9 Å². The van der Waals surface area contributed by atoms with Gasteiger partial charge in [0.2, 0.25) is 0 Å². The van der Waals surface area contributed by atoms with E-state index < -0.39 is 11.7 Å². The number of hydrogen-bond acceptors (Lipinski definition) is 7. The van der Waals surface area contributed by atoms with E-state index in [2.05, 4.69) is 31.1 Å². The fourth-order valence-electron chi connectivity index (χ4n) is 2.15. The average molecular weight is 353 g/mol. The van der Waals surface area contributed by atoms with E-state index in [9.17, 15) is 9.18 Å². The van der Waals surface area contributed by atoms with Crippen molar-refractivity contribution < 1.29 is 9.18 Å². The molecule has 2 heterocycles. The van der Waals surface area contributed by atoms with Crippen LogP contribution in [0.5, 0.6) is 0 Å². The van der Waals surface area contributed by atoms with Gasteiger partial charge in [0.05, 0.1) is 5.56 Å². The van der Waals surface area contributed by atoms with E-state index in [0.29, 0.717) is 11.6 Å². The molecule has 9 heteroatoms. The maximum atomic E-state index is 13.6. The molecule has 0 aliphatic heterocycles. The zero-order valence-corrected chi connectivity index (χ0v) is 13.8. The first-order chi connectivity index (χ1) is 12.6. The van der Waals surface area contributed by atoms with Gasteiger partial charge in [-0.15, -0.1) is 0 Å². The number of aromatic nitrogens is 3. The summed E-state index contributed by atoms with van der Waals surface area (Å²) in [5.41, 5.74) is 11.9. The van der Waals surface area contributed by atoms with Gasteiger partial charge < -0.3 is 11.1 Å². The van der Waals surface area contributed by atoms with Crippen LogP contribution in [0.2, 0.25) is 0 Å². The molecule has 5 N–H and O–H groups in total. The van der Waals surface area contributed by atoms with E-state index in [0.717, 1.165) is 5.56 Å². The molecule has 0 aliphatic rings. The number of carbonyl (C=O) groups is 1. The molecule has 0 radical (unpaired) electrons. The van der Waals surface area contributed by atoms with E-state index in [-0.39, 0.29) is 17.1 Å². The molecule has 0 saturated heterocycles. The van der Waals surface area contributed by atoms with Crippen molar-refractivity contribution in [3.63, 3.8) is 0 Å². The van der Waals surface area contributed by atoms with Crippen LogP contribution in [0, 0.1) is 12.7 Å². The quantitative estimate of drug-likeness (QED) is 0.520. The number of benzene rings is 1. The largest absolute Gasteiger partial charge is 0.393 e. The topological polar surface area (TPSA) is 118 Å². The number of nitrogens with zero attached hydrogens (tertiary/aromatic N) is 3. The molecule has 1 amide bonds. The second-order valence-corrected chi connectivity index (χ2v) is 5.34. The van der Waals surface area contributed by atoms with Crippen molar-refractivity contribution in [2.24, 2.45) is 0 Å². The Bertz CT molecular complexity index is 948. The van der Waals surface area contributed by atoms with Gasteiger partial charge in [0, 0.05) is 6.20 Å². The Balaban J connectivity index is 1.74. The number of nitrogens with one attached hydrogen (secondary N) is 3. The summed E-state index contributed by atoms with van der Waals surface area (Å²) < 4.78 is 13.6.